The summed E-state index contributed by atoms with van der Waals surface area (Å²) in [5.41, 5.74) is 1.05. The average molecular weight is 247 g/mol. The zero-order valence-corrected chi connectivity index (χ0v) is 11.1. The van der Waals surface area contributed by atoms with Crippen LogP contribution in [0.5, 0.6) is 0 Å². The molecule has 0 atom stereocenters. The van der Waals surface area contributed by atoms with Crippen LogP contribution in [0.4, 0.5) is 0 Å². The first-order chi connectivity index (χ1) is 8.85. The fraction of sp³-hybridized carbons (Fsp3) is 0.500. The van der Waals surface area contributed by atoms with Crippen LogP contribution in [0.1, 0.15) is 32.4 Å². The molecule has 1 N–H and O–H groups in total. The number of furan rings is 1. The van der Waals surface area contributed by atoms with E-state index in [-0.39, 0.29) is 0 Å². The lowest BCUT2D eigenvalue weighted by atomic mass is 10.3. The molecule has 2 heterocycles. The van der Waals surface area contributed by atoms with Gasteiger partial charge in [0.25, 0.3) is 0 Å². The number of rotatable bonds is 7. The predicted octanol–water partition coefficient (Wildman–Crippen LogP) is 3.05. The van der Waals surface area contributed by atoms with Crippen LogP contribution in [0.3, 0.4) is 0 Å². The molecular weight excluding hydrogens is 226 g/mol. The molecule has 0 aliphatic rings. The van der Waals surface area contributed by atoms with E-state index < -0.39 is 0 Å². The Balaban J connectivity index is 2.06. The Hall–Kier alpha value is -1.55. The van der Waals surface area contributed by atoms with Crippen molar-refractivity contribution in [1.29, 1.82) is 0 Å². The van der Waals surface area contributed by atoms with Crippen molar-refractivity contribution in [2.75, 3.05) is 6.54 Å². The minimum absolute atomic E-state index is 0.787. The summed E-state index contributed by atoms with van der Waals surface area (Å²) in [5.74, 6) is 1.87. The van der Waals surface area contributed by atoms with Crippen molar-refractivity contribution in [2.45, 2.75) is 39.8 Å². The van der Waals surface area contributed by atoms with Gasteiger partial charge in [-0.3, -0.25) is 4.68 Å². The van der Waals surface area contributed by atoms with Crippen LogP contribution in [0.2, 0.25) is 0 Å². The van der Waals surface area contributed by atoms with E-state index in [1.165, 1.54) is 0 Å². The molecule has 0 aliphatic carbocycles. The van der Waals surface area contributed by atoms with E-state index in [2.05, 4.69) is 24.3 Å². The predicted molar refractivity (Wildman–Crippen MR) is 72.2 cm³/mol. The molecule has 0 amide bonds. The zero-order valence-electron chi connectivity index (χ0n) is 11.1. The van der Waals surface area contributed by atoms with Gasteiger partial charge in [0.1, 0.15) is 11.5 Å². The van der Waals surface area contributed by atoms with E-state index in [0.29, 0.717) is 0 Å². The first-order valence-corrected chi connectivity index (χ1v) is 6.66. The minimum atomic E-state index is 0.787. The normalized spacial score (nSPS) is 11.0. The number of hydrogen-bond donors (Lipinski definition) is 1. The van der Waals surface area contributed by atoms with Gasteiger partial charge in [-0.05, 0) is 37.6 Å². The Morgan fingerprint density at radius 1 is 1.22 bits per heavy atom. The maximum Gasteiger partial charge on any atom is 0.152 e. The Kier molecular flexibility index (Phi) is 4.59. The number of nitrogens with one attached hydrogen (secondary N) is 1. The lowest BCUT2D eigenvalue weighted by Gasteiger charge is -2.03. The Morgan fingerprint density at radius 3 is 2.89 bits per heavy atom. The van der Waals surface area contributed by atoms with Crippen LogP contribution in [-0.2, 0) is 13.1 Å². The summed E-state index contributed by atoms with van der Waals surface area (Å²) in [6, 6.07) is 6.05. The van der Waals surface area contributed by atoms with E-state index in [9.17, 15) is 0 Å². The quantitative estimate of drug-likeness (QED) is 0.765. The average Bonchev–Trinajstić information content (AvgIpc) is 2.98. The number of aromatic nitrogens is 2. The molecule has 0 bridgehead atoms. The van der Waals surface area contributed by atoms with E-state index >= 15 is 0 Å². The third-order valence-corrected chi connectivity index (χ3v) is 2.79. The van der Waals surface area contributed by atoms with Crippen molar-refractivity contribution >= 4 is 0 Å². The minimum Gasteiger partial charge on any atom is -0.458 e. The summed E-state index contributed by atoms with van der Waals surface area (Å²) in [7, 11) is 0. The van der Waals surface area contributed by atoms with E-state index in [0.717, 1.165) is 49.7 Å². The van der Waals surface area contributed by atoms with Crippen molar-refractivity contribution in [3.05, 3.63) is 30.2 Å². The largest absolute Gasteiger partial charge is 0.458 e. The van der Waals surface area contributed by atoms with Crippen molar-refractivity contribution in [2.24, 2.45) is 0 Å². The second kappa shape index (κ2) is 6.40. The van der Waals surface area contributed by atoms with Crippen LogP contribution in [0.15, 0.2) is 28.8 Å². The van der Waals surface area contributed by atoms with Gasteiger partial charge in [0.2, 0.25) is 0 Å². The van der Waals surface area contributed by atoms with Gasteiger partial charge in [-0.2, -0.15) is 5.10 Å². The van der Waals surface area contributed by atoms with E-state index in [1.807, 2.05) is 29.1 Å². The van der Waals surface area contributed by atoms with Gasteiger partial charge >= 0.3 is 0 Å². The van der Waals surface area contributed by atoms with E-state index in [4.69, 9.17) is 4.42 Å². The van der Waals surface area contributed by atoms with Crippen molar-refractivity contribution in [3.63, 3.8) is 0 Å². The highest BCUT2D eigenvalue weighted by Crippen LogP contribution is 2.22. The molecule has 2 rings (SSSR count). The van der Waals surface area contributed by atoms with E-state index in [1.54, 1.807) is 0 Å². The van der Waals surface area contributed by atoms with Gasteiger partial charge in [0.05, 0.1) is 6.54 Å². The molecule has 0 aliphatic heterocycles. The van der Waals surface area contributed by atoms with Gasteiger partial charge in [-0.15, -0.1) is 0 Å². The highest BCUT2D eigenvalue weighted by Gasteiger charge is 2.09. The highest BCUT2D eigenvalue weighted by atomic mass is 16.3. The fourth-order valence-electron chi connectivity index (χ4n) is 1.93. The Morgan fingerprint density at radius 2 is 2.11 bits per heavy atom. The highest BCUT2D eigenvalue weighted by molar-refractivity contribution is 5.52. The first kappa shape index (κ1) is 12.9. The Labute approximate surface area is 108 Å². The molecule has 0 saturated heterocycles. The van der Waals surface area contributed by atoms with Crippen molar-refractivity contribution in [3.8, 4) is 11.5 Å². The third-order valence-electron chi connectivity index (χ3n) is 2.79. The summed E-state index contributed by atoms with van der Waals surface area (Å²) in [6.45, 7) is 7.03. The fourth-order valence-corrected chi connectivity index (χ4v) is 1.93. The van der Waals surface area contributed by atoms with Gasteiger partial charge < -0.3 is 9.73 Å². The summed E-state index contributed by atoms with van der Waals surface area (Å²) in [4.78, 5) is 0. The maximum atomic E-state index is 5.84. The molecule has 4 nitrogen and oxygen atoms in total. The molecular formula is C14H21N3O. The summed E-state index contributed by atoms with van der Waals surface area (Å²) in [6.07, 6.45) is 4.03. The molecule has 2 aromatic heterocycles. The van der Waals surface area contributed by atoms with Crippen LogP contribution in [0.25, 0.3) is 11.5 Å². The smallest absolute Gasteiger partial charge is 0.152 e. The second-order valence-electron chi connectivity index (χ2n) is 4.38. The molecule has 0 fully saturated rings. The summed E-state index contributed by atoms with van der Waals surface area (Å²) >= 11 is 0. The van der Waals surface area contributed by atoms with Crippen molar-refractivity contribution < 1.29 is 4.42 Å². The molecule has 0 radical (unpaired) electrons. The summed E-state index contributed by atoms with van der Waals surface area (Å²) in [5, 5.41) is 7.64. The monoisotopic (exact) mass is 247 g/mol. The van der Waals surface area contributed by atoms with Gasteiger partial charge in [0, 0.05) is 12.7 Å². The van der Waals surface area contributed by atoms with Gasteiger partial charge in [-0.1, -0.05) is 13.8 Å². The Bertz CT molecular complexity index is 473. The molecule has 0 spiro atoms. The topological polar surface area (TPSA) is 43.0 Å². The SMILES string of the molecule is CCCNCc1ccc(-c2ccnn2CCC)o1. The lowest BCUT2D eigenvalue weighted by molar-refractivity contribution is 0.486. The number of hydrogen-bond acceptors (Lipinski definition) is 3. The molecule has 2 aromatic rings. The number of aryl methyl sites for hydroxylation is 1. The molecule has 98 valence electrons. The van der Waals surface area contributed by atoms with Gasteiger partial charge in [-0.25, -0.2) is 0 Å². The third kappa shape index (κ3) is 3.01. The second-order valence-corrected chi connectivity index (χ2v) is 4.38. The van der Waals surface area contributed by atoms with Crippen LogP contribution in [0, 0.1) is 0 Å². The first-order valence-electron chi connectivity index (χ1n) is 6.66. The van der Waals surface area contributed by atoms with Crippen molar-refractivity contribution in [1.82, 2.24) is 15.1 Å². The standard InChI is InChI=1S/C14H21N3O/c1-3-8-15-11-12-5-6-14(18-12)13-7-9-16-17(13)10-4-2/h5-7,9,15H,3-4,8,10-11H2,1-2H3. The van der Waals surface area contributed by atoms with Gasteiger partial charge in [0.15, 0.2) is 5.76 Å². The summed E-state index contributed by atoms with van der Waals surface area (Å²) < 4.78 is 7.83. The molecule has 0 saturated carbocycles. The lowest BCUT2D eigenvalue weighted by Crippen LogP contribution is -2.12. The van der Waals surface area contributed by atoms with Crippen LogP contribution >= 0.6 is 0 Å². The van der Waals surface area contributed by atoms with Crippen LogP contribution < -0.4 is 5.32 Å². The molecule has 0 aromatic carbocycles. The number of nitrogens with zero attached hydrogens (tertiary/aromatic N) is 2. The maximum absolute atomic E-state index is 5.84. The zero-order chi connectivity index (χ0) is 12.8. The molecule has 18 heavy (non-hydrogen) atoms. The molecule has 4 heteroatoms. The molecule has 0 unspecified atom stereocenters. The van der Waals surface area contributed by atoms with Crippen LogP contribution in [-0.4, -0.2) is 16.3 Å².